The molecule has 1 saturated heterocycles. The maximum absolute atomic E-state index is 5.38. The Morgan fingerprint density at radius 3 is 2.44 bits per heavy atom. The third-order valence-corrected chi connectivity index (χ3v) is 2.96. The van der Waals surface area contributed by atoms with Gasteiger partial charge in [-0.2, -0.15) is 4.89 Å². The Morgan fingerprint density at radius 1 is 1.31 bits per heavy atom. The maximum Gasteiger partial charge on any atom is 0.215 e. The Bertz CT molecular complexity index is 217. The van der Waals surface area contributed by atoms with Gasteiger partial charge in [0, 0.05) is 13.2 Å². The standard InChI is InChI=1S/C12H23NO3/c1-12(2,3)11(13-9-16-14-4)10-5-7-15-8-6-10/h9-11H,5-8H2,1-4H3/t11-/m1/s1. The van der Waals surface area contributed by atoms with E-state index in [-0.39, 0.29) is 11.5 Å². The molecule has 0 aliphatic carbocycles. The first-order valence-corrected chi connectivity index (χ1v) is 5.84. The van der Waals surface area contributed by atoms with Crippen LogP contribution in [0.1, 0.15) is 33.6 Å². The lowest BCUT2D eigenvalue weighted by molar-refractivity contribution is -0.188. The first kappa shape index (κ1) is 13.5. The van der Waals surface area contributed by atoms with Gasteiger partial charge in [0.15, 0.2) is 0 Å². The Balaban J connectivity index is 2.62. The monoisotopic (exact) mass is 229 g/mol. The fraction of sp³-hybridized carbons (Fsp3) is 0.917. The topological polar surface area (TPSA) is 40.0 Å². The van der Waals surface area contributed by atoms with E-state index in [1.165, 1.54) is 13.5 Å². The summed E-state index contributed by atoms with van der Waals surface area (Å²) in [7, 11) is 1.48. The van der Waals surface area contributed by atoms with Crippen molar-refractivity contribution >= 4 is 6.40 Å². The molecule has 0 bridgehead atoms. The van der Waals surface area contributed by atoms with Gasteiger partial charge in [0.25, 0.3) is 0 Å². The highest BCUT2D eigenvalue weighted by Gasteiger charge is 2.32. The Hall–Kier alpha value is -0.610. The molecular weight excluding hydrogens is 206 g/mol. The summed E-state index contributed by atoms with van der Waals surface area (Å²) in [6.07, 6.45) is 3.56. The van der Waals surface area contributed by atoms with Gasteiger partial charge in [-0.15, -0.1) is 0 Å². The minimum atomic E-state index is 0.135. The molecule has 0 spiro atoms. The number of ether oxygens (including phenoxy) is 1. The molecule has 0 radical (unpaired) electrons. The molecule has 0 amide bonds. The summed E-state index contributed by atoms with van der Waals surface area (Å²) < 4.78 is 5.38. The van der Waals surface area contributed by atoms with Crippen molar-refractivity contribution in [2.24, 2.45) is 16.3 Å². The van der Waals surface area contributed by atoms with Gasteiger partial charge in [0.05, 0.1) is 13.2 Å². The lowest BCUT2D eigenvalue weighted by Crippen LogP contribution is -2.36. The van der Waals surface area contributed by atoms with Crippen LogP contribution >= 0.6 is 0 Å². The molecule has 16 heavy (non-hydrogen) atoms. The van der Waals surface area contributed by atoms with E-state index in [1.54, 1.807) is 0 Å². The van der Waals surface area contributed by atoms with Crippen molar-refractivity contribution in [2.75, 3.05) is 20.3 Å². The number of hydrogen-bond donors (Lipinski definition) is 0. The van der Waals surface area contributed by atoms with Crippen molar-refractivity contribution in [3.63, 3.8) is 0 Å². The minimum absolute atomic E-state index is 0.135. The lowest BCUT2D eigenvalue weighted by atomic mass is 9.76. The van der Waals surface area contributed by atoms with Gasteiger partial charge in [-0.1, -0.05) is 20.8 Å². The molecule has 0 aromatic heterocycles. The number of nitrogens with zero attached hydrogens (tertiary/aromatic N) is 1. The second kappa shape index (κ2) is 6.21. The van der Waals surface area contributed by atoms with Gasteiger partial charge >= 0.3 is 0 Å². The fourth-order valence-corrected chi connectivity index (χ4v) is 2.22. The highest BCUT2D eigenvalue weighted by molar-refractivity contribution is 5.45. The van der Waals surface area contributed by atoms with E-state index in [1.807, 2.05) is 0 Å². The quantitative estimate of drug-likeness (QED) is 0.322. The molecule has 1 heterocycles. The summed E-state index contributed by atoms with van der Waals surface area (Å²) in [6, 6.07) is 0.256. The van der Waals surface area contributed by atoms with Gasteiger partial charge in [-0.3, -0.25) is 4.99 Å². The van der Waals surface area contributed by atoms with Crippen LogP contribution in [0, 0.1) is 11.3 Å². The summed E-state index contributed by atoms with van der Waals surface area (Å²) in [6.45, 7) is 8.31. The average Bonchev–Trinajstić information content (AvgIpc) is 2.24. The van der Waals surface area contributed by atoms with Crippen molar-refractivity contribution in [2.45, 2.75) is 39.7 Å². The molecule has 0 saturated carbocycles. The van der Waals surface area contributed by atoms with E-state index < -0.39 is 0 Å². The molecule has 1 fully saturated rings. The summed E-state index contributed by atoms with van der Waals surface area (Å²) in [4.78, 5) is 13.7. The van der Waals surface area contributed by atoms with Crippen LogP contribution in [0.4, 0.5) is 0 Å². The van der Waals surface area contributed by atoms with Gasteiger partial charge < -0.3 is 9.62 Å². The van der Waals surface area contributed by atoms with E-state index in [9.17, 15) is 0 Å². The van der Waals surface area contributed by atoms with Crippen molar-refractivity contribution < 1.29 is 14.5 Å². The largest absolute Gasteiger partial charge is 0.381 e. The van der Waals surface area contributed by atoms with E-state index in [2.05, 4.69) is 30.7 Å². The third kappa shape index (κ3) is 4.10. The van der Waals surface area contributed by atoms with Crippen LogP contribution < -0.4 is 0 Å². The van der Waals surface area contributed by atoms with Gasteiger partial charge in [-0.25, -0.2) is 0 Å². The lowest BCUT2D eigenvalue weighted by Gasteiger charge is -2.35. The van der Waals surface area contributed by atoms with Crippen LogP contribution in [0.2, 0.25) is 0 Å². The molecule has 0 N–H and O–H groups in total. The Kier molecular flexibility index (Phi) is 5.22. The average molecular weight is 229 g/mol. The van der Waals surface area contributed by atoms with Crippen molar-refractivity contribution in [3.05, 3.63) is 0 Å². The highest BCUT2D eigenvalue weighted by atomic mass is 17.2. The van der Waals surface area contributed by atoms with Crippen molar-refractivity contribution in [3.8, 4) is 0 Å². The normalized spacial score (nSPS) is 21.2. The second-order valence-corrected chi connectivity index (χ2v) is 5.28. The van der Waals surface area contributed by atoms with E-state index in [0.29, 0.717) is 5.92 Å². The molecule has 4 heteroatoms. The molecule has 0 unspecified atom stereocenters. The predicted octanol–water partition coefficient (Wildman–Crippen LogP) is 2.43. The third-order valence-electron chi connectivity index (χ3n) is 2.96. The predicted molar refractivity (Wildman–Crippen MR) is 63.4 cm³/mol. The van der Waals surface area contributed by atoms with E-state index in [4.69, 9.17) is 9.62 Å². The van der Waals surface area contributed by atoms with Crippen LogP contribution in [-0.4, -0.2) is 32.8 Å². The van der Waals surface area contributed by atoms with Crippen molar-refractivity contribution in [1.82, 2.24) is 0 Å². The van der Waals surface area contributed by atoms with E-state index in [0.717, 1.165) is 26.1 Å². The summed E-state index contributed by atoms with van der Waals surface area (Å²) in [5.41, 5.74) is 0.135. The van der Waals surface area contributed by atoms with Crippen LogP contribution in [0.15, 0.2) is 4.99 Å². The van der Waals surface area contributed by atoms with Gasteiger partial charge in [0.2, 0.25) is 6.40 Å². The smallest absolute Gasteiger partial charge is 0.215 e. The molecule has 0 aromatic carbocycles. The minimum Gasteiger partial charge on any atom is -0.381 e. The zero-order valence-corrected chi connectivity index (χ0v) is 10.7. The zero-order valence-electron chi connectivity index (χ0n) is 10.7. The molecule has 4 nitrogen and oxygen atoms in total. The Labute approximate surface area is 97.9 Å². The van der Waals surface area contributed by atoms with E-state index >= 15 is 0 Å². The summed E-state index contributed by atoms with van der Waals surface area (Å²) in [5.74, 6) is 0.574. The maximum atomic E-state index is 5.38. The highest BCUT2D eigenvalue weighted by Crippen LogP contribution is 2.33. The van der Waals surface area contributed by atoms with Gasteiger partial charge in [0.1, 0.15) is 0 Å². The molecule has 0 aromatic rings. The van der Waals surface area contributed by atoms with Crippen LogP contribution in [0.5, 0.6) is 0 Å². The molecule has 94 valence electrons. The summed E-state index contributed by atoms with van der Waals surface area (Å²) in [5, 5.41) is 0. The first-order chi connectivity index (χ1) is 7.55. The number of aliphatic imine (C=N–C) groups is 1. The fourth-order valence-electron chi connectivity index (χ4n) is 2.22. The van der Waals surface area contributed by atoms with Gasteiger partial charge in [-0.05, 0) is 24.2 Å². The number of rotatable bonds is 4. The van der Waals surface area contributed by atoms with Crippen LogP contribution in [0.25, 0.3) is 0 Å². The molecule has 1 rings (SSSR count). The Morgan fingerprint density at radius 2 is 1.94 bits per heavy atom. The van der Waals surface area contributed by atoms with Crippen LogP contribution in [0.3, 0.4) is 0 Å². The molecule has 1 aliphatic rings. The molecule has 1 aliphatic heterocycles. The second-order valence-electron chi connectivity index (χ2n) is 5.28. The number of hydrogen-bond acceptors (Lipinski definition) is 4. The summed E-state index contributed by atoms with van der Waals surface area (Å²) >= 11 is 0. The SMILES string of the molecule is COOC=N[C@H](C1CCOCC1)C(C)(C)C. The zero-order chi connectivity index (χ0) is 12.0. The molecule has 1 atom stereocenters. The van der Waals surface area contributed by atoms with Crippen molar-refractivity contribution in [1.29, 1.82) is 0 Å². The first-order valence-electron chi connectivity index (χ1n) is 5.84. The van der Waals surface area contributed by atoms with Crippen LogP contribution in [-0.2, 0) is 14.5 Å². The molecular formula is C12H23NO3.